The fourth-order valence-electron chi connectivity index (χ4n) is 1.39. The highest BCUT2D eigenvalue weighted by Gasteiger charge is 2.05. The number of aryl methyl sites for hydroxylation is 1. The van der Waals surface area contributed by atoms with Crippen LogP contribution in [0.2, 0.25) is 0 Å². The second kappa shape index (κ2) is 9.55. The Bertz CT molecular complexity index is 448. The summed E-state index contributed by atoms with van der Waals surface area (Å²) in [4.78, 5) is 22.9. The molecule has 1 amide bonds. The summed E-state index contributed by atoms with van der Waals surface area (Å²) in [6.07, 6.45) is 1.52. The van der Waals surface area contributed by atoms with Gasteiger partial charge in [-0.1, -0.05) is 0 Å². The molecule has 2 N–H and O–H groups in total. The summed E-state index contributed by atoms with van der Waals surface area (Å²) >= 11 is 0. The minimum Gasteiger partial charge on any atom is -0.383 e. The van der Waals surface area contributed by atoms with Gasteiger partial charge in [-0.05, 0) is 6.07 Å². The zero-order chi connectivity index (χ0) is 13.4. The highest BCUT2D eigenvalue weighted by Crippen LogP contribution is 1.93. The van der Waals surface area contributed by atoms with Crippen LogP contribution in [0, 0.1) is 0 Å². The van der Waals surface area contributed by atoms with Crippen LogP contribution in [0.25, 0.3) is 0 Å². The van der Waals surface area contributed by atoms with E-state index in [4.69, 9.17) is 4.74 Å². The molecule has 0 unspecified atom stereocenters. The van der Waals surface area contributed by atoms with Gasteiger partial charge in [0.25, 0.3) is 5.91 Å². The summed E-state index contributed by atoms with van der Waals surface area (Å²) in [5, 5.41) is 5.88. The molecule has 0 atom stereocenters. The van der Waals surface area contributed by atoms with Crippen molar-refractivity contribution in [3.8, 4) is 0 Å². The Morgan fingerprint density at radius 1 is 1.32 bits per heavy atom. The minimum absolute atomic E-state index is 0. The number of nitrogens with one attached hydrogen (secondary N) is 2. The van der Waals surface area contributed by atoms with E-state index >= 15 is 0 Å². The smallest absolute Gasteiger partial charge is 0.252 e. The Hall–Kier alpha value is -1.37. The number of pyridine rings is 1. The predicted octanol–water partition coefficient (Wildman–Crippen LogP) is -0.227. The first kappa shape index (κ1) is 17.6. The van der Waals surface area contributed by atoms with Crippen LogP contribution in [0.4, 0.5) is 0 Å². The third-order valence-corrected chi connectivity index (χ3v) is 2.42. The molecule has 1 rings (SSSR count). The van der Waals surface area contributed by atoms with Crippen LogP contribution in [0.1, 0.15) is 10.4 Å². The van der Waals surface area contributed by atoms with Crippen molar-refractivity contribution in [3.05, 3.63) is 34.2 Å². The van der Waals surface area contributed by atoms with E-state index < -0.39 is 0 Å². The standard InChI is InChI=1S/C12H19N3O3.ClH/c1-15-9-10(3-4-11(15)16)12(17)14-6-5-13-7-8-18-2;/h3-4,9,13H,5-8H2,1-2H3,(H,14,17);1H. The van der Waals surface area contributed by atoms with Gasteiger partial charge in [-0.3, -0.25) is 9.59 Å². The third-order valence-electron chi connectivity index (χ3n) is 2.42. The van der Waals surface area contributed by atoms with Gasteiger partial charge >= 0.3 is 0 Å². The molecular weight excluding hydrogens is 270 g/mol. The monoisotopic (exact) mass is 289 g/mol. The van der Waals surface area contributed by atoms with Gasteiger partial charge in [0.1, 0.15) is 0 Å². The molecule has 0 saturated heterocycles. The molecule has 1 aromatic rings. The summed E-state index contributed by atoms with van der Waals surface area (Å²) in [5.41, 5.74) is 0.349. The van der Waals surface area contributed by atoms with Crippen molar-refractivity contribution in [3.63, 3.8) is 0 Å². The van der Waals surface area contributed by atoms with E-state index in [0.717, 1.165) is 6.54 Å². The van der Waals surface area contributed by atoms with Crippen LogP contribution in [0.15, 0.2) is 23.1 Å². The van der Waals surface area contributed by atoms with Crippen LogP contribution in [0.3, 0.4) is 0 Å². The number of ether oxygens (including phenoxy) is 1. The van der Waals surface area contributed by atoms with Gasteiger partial charge in [-0.15, -0.1) is 12.4 Å². The first-order chi connectivity index (χ1) is 8.65. The second-order valence-electron chi connectivity index (χ2n) is 3.87. The summed E-state index contributed by atoms with van der Waals surface area (Å²) in [6, 6.07) is 2.90. The van der Waals surface area contributed by atoms with Gasteiger partial charge in [0, 0.05) is 46.1 Å². The molecule has 0 fully saturated rings. The average Bonchev–Trinajstić information content (AvgIpc) is 2.36. The number of nitrogens with zero attached hydrogens (tertiary/aromatic N) is 1. The second-order valence-corrected chi connectivity index (χ2v) is 3.87. The number of hydrogen-bond acceptors (Lipinski definition) is 4. The van der Waals surface area contributed by atoms with Crippen molar-refractivity contribution in [1.29, 1.82) is 0 Å². The lowest BCUT2D eigenvalue weighted by atomic mass is 10.2. The van der Waals surface area contributed by atoms with Crippen LogP contribution >= 0.6 is 12.4 Å². The number of methoxy groups -OCH3 is 1. The molecule has 1 heterocycles. The van der Waals surface area contributed by atoms with Crippen molar-refractivity contribution < 1.29 is 9.53 Å². The number of carbonyl (C=O) groups is 1. The quantitative estimate of drug-likeness (QED) is 0.681. The summed E-state index contributed by atoms with van der Waals surface area (Å²) in [5.74, 6) is -0.181. The Morgan fingerprint density at radius 3 is 2.68 bits per heavy atom. The zero-order valence-electron chi connectivity index (χ0n) is 11.1. The highest BCUT2D eigenvalue weighted by atomic mass is 35.5. The first-order valence-electron chi connectivity index (χ1n) is 5.79. The molecule has 0 spiro atoms. The predicted molar refractivity (Wildman–Crippen MR) is 76.0 cm³/mol. The van der Waals surface area contributed by atoms with Gasteiger partial charge in [-0.2, -0.15) is 0 Å². The van der Waals surface area contributed by atoms with Gasteiger partial charge < -0.3 is 19.9 Å². The molecule has 0 saturated carbocycles. The number of halogens is 1. The van der Waals surface area contributed by atoms with E-state index in [0.29, 0.717) is 25.3 Å². The van der Waals surface area contributed by atoms with Crippen LogP contribution in [0.5, 0.6) is 0 Å². The zero-order valence-corrected chi connectivity index (χ0v) is 12.0. The lowest BCUT2D eigenvalue weighted by Gasteiger charge is -2.07. The average molecular weight is 290 g/mol. The van der Waals surface area contributed by atoms with E-state index in [1.54, 1.807) is 14.2 Å². The number of rotatable bonds is 7. The van der Waals surface area contributed by atoms with Gasteiger partial charge in [0.15, 0.2) is 0 Å². The number of aromatic nitrogens is 1. The molecule has 0 bridgehead atoms. The summed E-state index contributed by atoms with van der Waals surface area (Å²) in [7, 11) is 3.26. The fraction of sp³-hybridized carbons (Fsp3) is 0.500. The van der Waals surface area contributed by atoms with Crippen LogP contribution in [-0.2, 0) is 11.8 Å². The SMILES string of the molecule is COCCNCCNC(=O)c1ccc(=O)n(C)c1.Cl. The van der Waals surface area contributed by atoms with Crippen molar-refractivity contribution in [1.82, 2.24) is 15.2 Å². The summed E-state index contributed by atoms with van der Waals surface area (Å²) in [6.45, 7) is 2.62. The molecule has 0 aromatic carbocycles. The Labute approximate surface area is 118 Å². The van der Waals surface area contributed by atoms with E-state index in [2.05, 4.69) is 10.6 Å². The molecular formula is C12H20ClN3O3. The van der Waals surface area contributed by atoms with Crippen molar-refractivity contribution >= 4 is 18.3 Å². The number of hydrogen-bond donors (Lipinski definition) is 2. The maximum atomic E-state index is 11.7. The maximum absolute atomic E-state index is 11.7. The molecule has 19 heavy (non-hydrogen) atoms. The van der Waals surface area contributed by atoms with E-state index in [9.17, 15) is 9.59 Å². The topological polar surface area (TPSA) is 72.4 Å². The lowest BCUT2D eigenvalue weighted by molar-refractivity contribution is 0.0953. The molecule has 0 aliphatic rings. The minimum atomic E-state index is -0.181. The molecule has 1 aromatic heterocycles. The Morgan fingerprint density at radius 2 is 2.05 bits per heavy atom. The normalized spacial score (nSPS) is 9.79. The first-order valence-corrected chi connectivity index (χ1v) is 5.79. The maximum Gasteiger partial charge on any atom is 0.252 e. The van der Waals surface area contributed by atoms with E-state index in [-0.39, 0.29) is 23.9 Å². The molecule has 0 radical (unpaired) electrons. The number of amides is 1. The van der Waals surface area contributed by atoms with E-state index in [1.807, 2.05) is 0 Å². The fourth-order valence-corrected chi connectivity index (χ4v) is 1.39. The highest BCUT2D eigenvalue weighted by molar-refractivity contribution is 5.93. The third kappa shape index (κ3) is 6.37. The van der Waals surface area contributed by atoms with Crippen LogP contribution < -0.4 is 16.2 Å². The van der Waals surface area contributed by atoms with Gasteiger partial charge in [-0.25, -0.2) is 0 Å². The Kier molecular flexibility index (Phi) is 8.86. The molecule has 0 aliphatic heterocycles. The lowest BCUT2D eigenvalue weighted by Crippen LogP contribution is -2.33. The Balaban J connectivity index is 0.00000324. The van der Waals surface area contributed by atoms with Gasteiger partial charge in [0.2, 0.25) is 5.56 Å². The largest absolute Gasteiger partial charge is 0.383 e. The molecule has 108 valence electrons. The molecule has 7 heteroatoms. The van der Waals surface area contributed by atoms with Crippen molar-refractivity contribution in [2.24, 2.45) is 7.05 Å². The summed E-state index contributed by atoms with van der Waals surface area (Å²) < 4.78 is 6.26. The molecule has 6 nitrogen and oxygen atoms in total. The van der Waals surface area contributed by atoms with Crippen molar-refractivity contribution in [2.45, 2.75) is 0 Å². The van der Waals surface area contributed by atoms with Crippen molar-refractivity contribution in [2.75, 3.05) is 33.4 Å². The number of carbonyl (C=O) groups excluding carboxylic acids is 1. The molecule has 0 aliphatic carbocycles. The van der Waals surface area contributed by atoms with Crippen LogP contribution in [-0.4, -0.2) is 43.8 Å². The van der Waals surface area contributed by atoms with E-state index in [1.165, 1.54) is 22.9 Å². The van der Waals surface area contributed by atoms with Gasteiger partial charge in [0.05, 0.1) is 12.2 Å².